The Hall–Kier alpha value is -3.41. The number of pyridine rings is 1. The number of nitrogens with two attached hydrogens (primary N) is 1. The van der Waals surface area contributed by atoms with Crippen LogP contribution in [0.2, 0.25) is 0 Å². The van der Waals surface area contributed by atoms with Gasteiger partial charge in [-0.15, -0.1) is 0 Å². The fourth-order valence-electron chi connectivity index (χ4n) is 2.20. The Morgan fingerprint density at radius 1 is 1.13 bits per heavy atom. The first kappa shape index (κ1) is 14.5. The zero-order valence-corrected chi connectivity index (χ0v) is 12.2. The molecule has 1 aromatic carbocycles. The lowest BCUT2D eigenvalue weighted by molar-refractivity contribution is 0.475. The molecule has 0 bridgehead atoms. The summed E-state index contributed by atoms with van der Waals surface area (Å²) in [5.41, 5.74) is 8.49. The quantitative estimate of drug-likeness (QED) is 0.514. The number of aromatic hydroxyl groups is 1. The second-order valence-electron chi connectivity index (χ2n) is 4.90. The van der Waals surface area contributed by atoms with Gasteiger partial charge in [-0.3, -0.25) is 10.4 Å². The van der Waals surface area contributed by atoms with Crippen molar-refractivity contribution in [1.82, 2.24) is 10.3 Å². The molecule has 0 amide bonds. The fourth-order valence-corrected chi connectivity index (χ4v) is 2.20. The fraction of sp³-hybridized carbons (Fsp3) is 0. The molecule has 0 saturated heterocycles. The predicted octanol–water partition coefficient (Wildman–Crippen LogP) is 2.11. The summed E-state index contributed by atoms with van der Waals surface area (Å²) in [6.45, 7) is 0. The molecule has 3 rings (SSSR count). The third-order valence-electron chi connectivity index (χ3n) is 3.32. The standard InChI is InChI=1S/C17H15N5O/c18-16(19)15(14-3-1-2-8-20-14)17-21-9-12(10-22-17)11-4-6-13(23)7-5-11/h1-10,21,23H,(H3,18,19)/b17-15+. The van der Waals surface area contributed by atoms with E-state index >= 15 is 0 Å². The lowest BCUT2D eigenvalue weighted by atomic mass is 10.1. The minimum atomic E-state index is -0.107. The summed E-state index contributed by atoms with van der Waals surface area (Å²) in [6, 6.07) is 12.2. The van der Waals surface area contributed by atoms with Gasteiger partial charge >= 0.3 is 0 Å². The van der Waals surface area contributed by atoms with Gasteiger partial charge in [0.2, 0.25) is 0 Å². The molecule has 0 fully saturated rings. The van der Waals surface area contributed by atoms with Crippen molar-refractivity contribution in [2.24, 2.45) is 10.7 Å². The van der Waals surface area contributed by atoms with Crippen LogP contribution in [-0.2, 0) is 0 Å². The Labute approximate surface area is 133 Å². The van der Waals surface area contributed by atoms with Crippen LogP contribution in [0.4, 0.5) is 0 Å². The molecular weight excluding hydrogens is 290 g/mol. The van der Waals surface area contributed by atoms with Crippen molar-refractivity contribution in [2.45, 2.75) is 0 Å². The number of rotatable bonds is 3. The van der Waals surface area contributed by atoms with E-state index in [1.807, 2.05) is 6.07 Å². The van der Waals surface area contributed by atoms with Gasteiger partial charge in [0.05, 0.1) is 11.3 Å². The Balaban J connectivity index is 1.93. The third kappa shape index (κ3) is 3.11. The summed E-state index contributed by atoms with van der Waals surface area (Å²) >= 11 is 0. The van der Waals surface area contributed by atoms with Crippen molar-refractivity contribution in [2.75, 3.05) is 0 Å². The molecule has 1 aliphatic rings. The van der Waals surface area contributed by atoms with Crippen molar-refractivity contribution in [3.05, 3.63) is 71.9 Å². The van der Waals surface area contributed by atoms with Gasteiger partial charge in [0, 0.05) is 24.2 Å². The minimum Gasteiger partial charge on any atom is -0.508 e. The molecule has 23 heavy (non-hydrogen) atoms. The monoisotopic (exact) mass is 305 g/mol. The highest BCUT2D eigenvalue weighted by Gasteiger charge is 2.15. The summed E-state index contributed by atoms with van der Waals surface area (Å²) < 4.78 is 0. The summed E-state index contributed by atoms with van der Waals surface area (Å²) in [4.78, 5) is 8.58. The van der Waals surface area contributed by atoms with Crippen molar-refractivity contribution in [3.8, 4) is 5.75 Å². The largest absolute Gasteiger partial charge is 0.508 e. The summed E-state index contributed by atoms with van der Waals surface area (Å²) in [6.07, 6.45) is 5.10. The van der Waals surface area contributed by atoms with Gasteiger partial charge in [-0.1, -0.05) is 18.2 Å². The maximum Gasteiger partial charge on any atom is 0.143 e. The second kappa shape index (κ2) is 6.15. The van der Waals surface area contributed by atoms with Crippen LogP contribution in [0.1, 0.15) is 11.3 Å². The Bertz CT molecular complexity index is 820. The van der Waals surface area contributed by atoms with Gasteiger partial charge in [0.1, 0.15) is 17.4 Å². The number of benzene rings is 1. The van der Waals surface area contributed by atoms with E-state index in [-0.39, 0.29) is 11.6 Å². The van der Waals surface area contributed by atoms with E-state index in [0.29, 0.717) is 17.1 Å². The molecule has 5 N–H and O–H groups in total. The van der Waals surface area contributed by atoms with Gasteiger partial charge in [-0.25, -0.2) is 4.99 Å². The molecule has 2 heterocycles. The Kier molecular flexibility index (Phi) is 3.88. The average Bonchev–Trinajstić information content (AvgIpc) is 2.57. The number of aliphatic imine (C=N–C) groups is 1. The number of amidine groups is 1. The van der Waals surface area contributed by atoms with Crippen LogP contribution < -0.4 is 11.1 Å². The second-order valence-corrected chi connectivity index (χ2v) is 4.90. The SMILES string of the molecule is N=C(N)/C(=C1/N=CC(c2ccc(O)cc2)=CN1)c1ccccn1. The third-order valence-corrected chi connectivity index (χ3v) is 3.32. The average molecular weight is 305 g/mol. The van der Waals surface area contributed by atoms with E-state index in [0.717, 1.165) is 11.1 Å². The maximum absolute atomic E-state index is 9.34. The molecule has 6 nitrogen and oxygen atoms in total. The van der Waals surface area contributed by atoms with E-state index in [2.05, 4.69) is 15.3 Å². The highest BCUT2D eigenvalue weighted by Crippen LogP contribution is 2.22. The topological polar surface area (TPSA) is 107 Å². The van der Waals surface area contributed by atoms with Gasteiger partial charge in [0.15, 0.2) is 0 Å². The van der Waals surface area contributed by atoms with Crippen LogP contribution in [0.25, 0.3) is 11.1 Å². The van der Waals surface area contributed by atoms with Crippen LogP contribution in [-0.4, -0.2) is 22.1 Å². The number of phenols is 1. The molecule has 0 aliphatic carbocycles. The van der Waals surface area contributed by atoms with Gasteiger partial charge in [-0.2, -0.15) is 0 Å². The molecule has 6 heteroatoms. The summed E-state index contributed by atoms with van der Waals surface area (Å²) in [5.74, 6) is 0.577. The van der Waals surface area contributed by atoms with Crippen LogP contribution in [0.3, 0.4) is 0 Å². The number of allylic oxidation sites excluding steroid dienone is 1. The molecule has 1 aromatic heterocycles. The first-order valence-electron chi connectivity index (χ1n) is 6.95. The Morgan fingerprint density at radius 3 is 2.48 bits per heavy atom. The first-order valence-corrected chi connectivity index (χ1v) is 6.95. The van der Waals surface area contributed by atoms with Crippen LogP contribution >= 0.6 is 0 Å². The van der Waals surface area contributed by atoms with Gasteiger partial charge in [0.25, 0.3) is 0 Å². The molecule has 0 spiro atoms. The van der Waals surface area contributed by atoms with Crippen LogP contribution in [0.15, 0.2) is 65.7 Å². The molecule has 0 unspecified atom stereocenters. The lowest BCUT2D eigenvalue weighted by Gasteiger charge is -2.15. The van der Waals surface area contributed by atoms with Gasteiger partial charge < -0.3 is 16.2 Å². The van der Waals surface area contributed by atoms with E-state index in [9.17, 15) is 5.11 Å². The first-order chi connectivity index (χ1) is 11.1. The Morgan fingerprint density at radius 2 is 1.91 bits per heavy atom. The molecular formula is C17H15N5O. The molecule has 0 radical (unpaired) electrons. The number of hydrogen-bond acceptors (Lipinski definition) is 5. The van der Waals surface area contributed by atoms with Crippen molar-refractivity contribution >= 4 is 23.2 Å². The minimum absolute atomic E-state index is 0.107. The van der Waals surface area contributed by atoms with E-state index in [1.54, 1.807) is 55.0 Å². The van der Waals surface area contributed by atoms with E-state index in [1.165, 1.54) is 0 Å². The number of nitrogens with zero attached hydrogens (tertiary/aromatic N) is 2. The van der Waals surface area contributed by atoms with Crippen molar-refractivity contribution in [1.29, 1.82) is 5.41 Å². The molecule has 1 aliphatic heterocycles. The van der Waals surface area contributed by atoms with Gasteiger partial charge in [-0.05, 0) is 29.8 Å². The predicted molar refractivity (Wildman–Crippen MR) is 90.8 cm³/mol. The van der Waals surface area contributed by atoms with Crippen LogP contribution in [0.5, 0.6) is 5.75 Å². The van der Waals surface area contributed by atoms with E-state index < -0.39 is 0 Å². The summed E-state index contributed by atoms with van der Waals surface area (Å²) in [5, 5.41) is 20.2. The number of phenolic OH excluding ortho intramolecular Hbond substituents is 1. The molecule has 2 aromatic rings. The van der Waals surface area contributed by atoms with Crippen molar-refractivity contribution < 1.29 is 5.11 Å². The number of hydrogen-bond donors (Lipinski definition) is 4. The summed E-state index contributed by atoms with van der Waals surface area (Å²) in [7, 11) is 0. The normalized spacial score (nSPS) is 15.6. The highest BCUT2D eigenvalue weighted by molar-refractivity contribution is 6.21. The maximum atomic E-state index is 9.34. The van der Waals surface area contributed by atoms with Crippen LogP contribution in [0, 0.1) is 5.41 Å². The number of aromatic nitrogens is 1. The lowest BCUT2D eigenvalue weighted by Crippen LogP contribution is -2.20. The number of nitrogens with one attached hydrogen (secondary N) is 2. The van der Waals surface area contributed by atoms with Crippen molar-refractivity contribution in [3.63, 3.8) is 0 Å². The highest BCUT2D eigenvalue weighted by atomic mass is 16.3. The van der Waals surface area contributed by atoms with E-state index in [4.69, 9.17) is 11.1 Å². The molecule has 0 atom stereocenters. The zero-order valence-electron chi connectivity index (χ0n) is 12.2. The zero-order chi connectivity index (χ0) is 16.2. The smallest absolute Gasteiger partial charge is 0.143 e. The molecule has 114 valence electrons. The molecule has 0 saturated carbocycles.